The maximum atomic E-state index is 12.3. The molecule has 1 aromatic rings. The number of hydrogen-bond donors (Lipinski definition) is 2. The average molecular weight is 530 g/mol. The molecule has 0 saturated heterocycles. The Morgan fingerprint density at radius 1 is 1.24 bits per heavy atom. The van der Waals surface area contributed by atoms with Crippen molar-refractivity contribution in [1.29, 1.82) is 0 Å². The zero-order valence-electron chi connectivity index (χ0n) is 17.0. The first-order valence-corrected chi connectivity index (χ1v) is 9.15. The van der Waals surface area contributed by atoms with Gasteiger partial charge in [0, 0.05) is 20.1 Å². The number of halogens is 4. The molecule has 1 atom stereocenters. The number of nitrogens with one attached hydrogen (secondary N) is 2. The fourth-order valence-electron chi connectivity index (χ4n) is 2.25. The maximum Gasteiger partial charge on any atom is 0.406 e. The van der Waals surface area contributed by atoms with Gasteiger partial charge in [0.05, 0.1) is 13.2 Å². The van der Waals surface area contributed by atoms with Crippen LogP contribution in [0.4, 0.5) is 13.2 Å². The van der Waals surface area contributed by atoms with Gasteiger partial charge in [-0.1, -0.05) is 37.3 Å². The lowest BCUT2D eigenvalue weighted by Crippen LogP contribution is -2.42. The van der Waals surface area contributed by atoms with Gasteiger partial charge in [0.15, 0.2) is 5.96 Å². The van der Waals surface area contributed by atoms with Crippen LogP contribution >= 0.6 is 24.0 Å². The number of nitrogens with zero attached hydrogens (tertiary/aromatic N) is 2. The van der Waals surface area contributed by atoms with Gasteiger partial charge in [0.1, 0.15) is 13.1 Å². The summed E-state index contributed by atoms with van der Waals surface area (Å²) in [6.07, 6.45) is -4.42. The topological polar surface area (TPSA) is 66.0 Å². The van der Waals surface area contributed by atoms with Crippen molar-refractivity contribution >= 4 is 35.8 Å². The van der Waals surface area contributed by atoms with E-state index in [2.05, 4.69) is 15.6 Å². The minimum Gasteiger partial charge on any atom is -0.376 e. The maximum absolute atomic E-state index is 12.3. The van der Waals surface area contributed by atoms with Gasteiger partial charge in [-0.2, -0.15) is 13.2 Å². The van der Waals surface area contributed by atoms with E-state index in [4.69, 9.17) is 4.74 Å². The number of hydrogen-bond acceptors (Lipinski definition) is 3. The van der Waals surface area contributed by atoms with Crippen molar-refractivity contribution in [1.82, 2.24) is 15.5 Å². The summed E-state index contributed by atoms with van der Waals surface area (Å²) >= 11 is 0. The molecule has 166 valence electrons. The number of amides is 1. The second-order valence-electron chi connectivity index (χ2n) is 6.55. The van der Waals surface area contributed by atoms with Crippen molar-refractivity contribution in [2.24, 2.45) is 10.9 Å². The van der Waals surface area contributed by atoms with Crippen LogP contribution in [-0.2, 0) is 16.1 Å². The van der Waals surface area contributed by atoms with Crippen LogP contribution in [0.15, 0.2) is 35.3 Å². The smallest absolute Gasteiger partial charge is 0.376 e. The summed E-state index contributed by atoms with van der Waals surface area (Å²) in [6, 6.07) is 9.84. The standard InChI is InChI=1S/C19H29F3N4O2.HI/c1-4-23-18(25-11-17(27)26(3)14-19(20,21)22)24-10-15(2)12-28-13-16-8-6-5-7-9-16;/h5-9,15H,4,10-14H2,1-3H3,(H2,23,24,25);1H. The molecule has 0 aliphatic carbocycles. The summed E-state index contributed by atoms with van der Waals surface area (Å²) in [7, 11) is 1.11. The first-order valence-electron chi connectivity index (χ1n) is 9.15. The van der Waals surface area contributed by atoms with Crippen molar-refractivity contribution in [3.63, 3.8) is 0 Å². The molecule has 29 heavy (non-hydrogen) atoms. The molecule has 1 unspecified atom stereocenters. The molecule has 0 radical (unpaired) electrons. The van der Waals surface area contributed by atoms with Gasteiger partial charge < -0.3 is 20.3 Å². The van der Waals surface area contributed by atoms with Crippen LogP contribution in [0, 0.1) is 5.92 Å². The first kappa shape index (κ1) is 27.4. The highest BCUT2D eigenvalue weighted by Crippen LogP contribution is 2.15. The van der Waals surface area contributed by atoms with Gasteiger partial charge in [0.2, 0.25) is 5.91 Å². The average Bonchev–Trinajstić information content (AvgIpc) is 2.63. The van der Waals surface area contributed by atoms with E-state index in [9.17, 15) is 18.0 Å². The zero-order chi connectivity index (χ0) is 21.0. The highest BCUT2D eigenvalue weighted by atomic mass is 127. The number of ether oxygens (including phenoxy) is 1. The van der Waals surface area contributed by atoms with Crippen LogP contribution in [-0.4, -0.2) is 62.8 Å². The lowest BCUT2D eigenvalue weighted by molar-refractivity contribution is -0.157. The third-order valence-electron chi connectivity index (χ3n) is 3.69. The van der Waals surface area contributed by atoms with E-state index < -0.39 is 18.6 Å². The van der Waals surface area contributed by atoms with Crippen molar-refractivity contribution < 1.29 is 22.7 Å². The predicted octanol–water partition coefficient (Wildman–Crippen LogP) is 3.03. The predicted molar refractivity (Wildman–Crippen MR) is 118 cm³/mol. The molecule has 1 rings (SSSR count). The van der Waals surface area contributed by atoms with E-state index in [0.29, 0.717) is 37.2 Å². The van der Waals surface area contributed by atoms with Crippen LogP contribution in [0.5, 0.6) is 0 Å². The third-order valence-corrected chi connectivity index (χ3v) is 3.69. The number of alkyl halides is 3. The quantitative estimate of drug-likeness (QED) is 0.278. The van der Waals surface area contributed by atoms with Crippen LogP contribution in [0.1, 0.15) is 19.4 Å². The Bertz CT molecular complexity index is 615. The van der Waals surface area contributed by atoms with E-state index in [1.165, 1.54) is 0 Å². The van der Waals surface area contributed by atoms with Crippen molar-refractivity contribution in [2.75, 3.05) is 39.8 Å². The second kappa shape index (κ2) is 14.4. The van der Waals surface area contributed by atoms with E-state index in [1.807, 2.05) is 44.2 Å². The van der Waals surface area contributed by atoms with Crippen molar-refractivity contribution in [3.8, 4) is 0 Å². The van der Waals surface area contributed by atoms with E-state index in [1.54, 1.807) is 0 Å². The Labute approximate surface area is 187 Å². The Morgan fingerprint density at radius 2 is 1.90 bits per heavy atom. The molecule has 0 aromatic heterocycles. The summed E-state index contributed by atoms with van der Waals surface area (Å²) < 4.78 is 42.7. The van der Waals surface area contributed by atoms with Crippen molar-refractivity contribution in [3.05, 3.63) is 35.9 Å². The Kier molecular flexibility index (Phi) is 13.7. The van der Waals surface area contributed by atoms with Gasteiger partial charge in [0.25, 0.3) is 0 Å². The molecule has 0 aliphatic heterocycles. The van der Waals surface area contributed by atoms with E-state index >= 15 is 0 Å². The second-order valence-corrected chi connectivity index (χ2v) is 6.55. The van der Waals surface area contributed by atoms with Gasteiger partial charge in [-0.25, -0.2) is 4.99 Å². The van der Waals surface area contributed by atoms with E-state index in [0.717, 1.165) is 12.6 Å². The normalized spacial score (nSPS) is 12.7. The van der Waals surface area contributed by atoms with Gasteiger partial charge in [-0.3, -0.25) is 4.79 Å². The number of aliphatic imine (C=N–C) groups is 1. The molecule has 0 spiro atoms. The van der Waals surface area contributed by atoms with Crippen LogP contribution in [0.3, 0.4) is 0 Å². The minimum atomic E-state index is -4.42. The molecule has 0 saturated carbocycles. The first-order chi connectivity index (χ1) is 13.2. The van der Waals surface area contributed by atoms with Crippen molar-refractivity contribution in [2.45, 2.75) is 26.6 Å². The molecule has 10 heteroatoms. The molecular formula is C19H30F3IN4O2. The Morgan fingerprint density at radius 3 is 2.48 bits per heavy atom. The Balaban J connectivity index is 0.00000784. The zero-order valence-corrected chi connectivity index (χ0v) is 19.3. The number of benzene rings is 1. The Hall–Kier alpha value is -1.56. The molecule has 1 aromatic carbocycles. The highest BCUT2D eigenvalue weighted by Gasteiger charge is 2.31. The minimum absolute atomic E-state index is 0. The molecule has 2 N–H and O–H groups in total. The number of likely N-dealkylation sites (N-methyl/N-ethyl adjacent to an activating group) is 1. The van der Waals surface area contributed by atoms with Gasteiger partial charge in [-0.05, 0) is 18.4 Å². The summed E-state index contributed by atoms with van der Waals surface area (Å²) in [6.45, 7) is 4.39. The lowest BCUT2D eigenvalue weighted by Gasteiger charge is -2.19. The summed E-state index contributed by atoms with van der Waals surface area (Å²) in [5.74, 6) is -0.142. The molecule has 0 aliphatic rings. The molecule has 6 nitrogen and oxygen atoms in total. The lowest BCUT2D eigenvalue weighted by atomic mass is 10.2. The summed E-state index contributed by atoms with van der Waals surface area (Å²) in [5.41, 5.74) is 1.10. The molecule has 0 bridgehead atoms. The summed E-state index contributed by atoms with van der Waals surface area (Å²) in [5, 5.41) is 6.05. The number of carbonyl (C=O) groups is 1. The molecule has 0 fully saturated rings. The largest absolute Gasteiger partial charge is 0.406 e. The molecular weight excluding hydrogens is 500 g/mol. The number of rotatable bonds is 10. The van der Waals surface area contributed by atoms with Gasteiger partial charge in [-0.15, -0.1) is 24.0 Å². The monoisotopic (exact) mass is 530 g/mol. The van der Waals surface area contributed by atoms with Crippen LogP contribution in [0.2, 0.25) is 0 Å². The SMILES string of the molecule is CCNC(=NCC(=O)N(C)CC(F)(F)F)NCC(C)COCc1ccccc1.I. The fourth-order valence-corrected chi connectivity index (χ4v) is 2.25. The number of carbonyl (C=O) groups excluding carboxylic acids is 1. The molecule has 0 heterocycles. The molecule has 1 amide bonds. The third kappa shape index (κ3) is 13.3. The fraction of sp³-hybridized carbons (Fsp3) is 0.579. The van der Waals surface area contributed by atoms with Crippen LogP contribution < -0.4 is 10.6 Å². The van der Waals surface area contributed by atoms with E-state index in [-0.39, 0.29) is 36.4 Å². The van der Waals surface area contributed by atoms with Gasteiger partial charge >= 0.3 is 6.18 Å². The highest BCUT2D eigenvalue weighted by molar-refractivity contribution is 14.0. The number of guanidine groups is 1. The van der Waals surface area contributed by atoms with Crippen LogP contribution in [0.25, 0.3) is 0 Å². The summed E-state index contributed by atoms with van der Waals surface area (Å²) in [4.78, 5) is 16.5.